The van der Waals surface area contributed by atoms with Crippen LogP contribution in [0.1, 0.15) is 59.1 Å². The average molecular weight is 494 g/mol. The molecule has 0 unspecified atom stereocenters. The van der Waals surface area contributed by atoms with E-state index in [2.05, 4.69) is 14.9 Å². The fraction of sp³-hybridized carbons (Fsp3) is 0.652. The maximum absolute atomic E-state index is 15.1. The van der Waals surface area contributed by atoms with Gasteiger partial charge in [-0.05, 0) is 58.6 Å². The fourth-order valence-electron chi connectivity index (χ4n) is 5.47. The van der Waals surface area contributed by atoms with E-state index >= 15 is 4.39 Å². The minimum atomic E-state index is -0.593. The number of nitrogens with zero attached hydrogens (tertiary/aromatic N) is 5. The standard InChI is InChI=1S/C23H29ClFN5O2S/c1-5-33-21-27-18-16-13(26-19(24)17(18)25)7-6-8-14-15-10-9-12(11-29(14)20(16)28-21)30(15)22(31)32-23(2,3)4/h12,14-15H,5-11H2,1-4H3/t12-,14+,15+/m1/s1. The van der Waals surface area contributed by atoms with E-state index in [1.807, 2.05) is 32.6 Å². The van der Waals surface area contributed by atoms with Crippen molar-refractivity contribution in [1.82, 2.24) is 19.9 Å². The third-order valence-corrected chi connectivity index (χ3v) is 7.62. The number of thioether (sulfide) groups is 1. The van der Waals surface area contributed by atoms with Crippen LogP contribution in [0.3, 0.4) is 0 Å². The lowest BCUT2D eigenvalue weighted by molar-refractivity contribution is 0.00701. The molecule has 7 nitrogen and oxygen atoms in total. The van der Waals surface area contributed by atoms with Gasteiger partial charge in [-0.1, -0.05) is 30.3 Å². The Labute approximate surface area is 202 Å². The summed E-state index contributed by atoms with van der Waals surface area (Å²) in [7, 11) is 0. The first-order valence-electron chi connectivity index (χ1n) is 11.6. The molecule has 5 rings (SSSR count). The van der Waals surface area contributed by atoms with Crippen molar-refractivity contribution in [2.75, 3.05) is 17.2 Å². The van der Waals surface area contributed by atoms with Crippen LogP contribution in [0.4, 0.5) is 15.0 Å². The van der Waals surface area contributed by atoms with Crippen molar-refractivity contribution >= 4 is 46.2 Å². The van der Waals surface area contributed by atoms with Gasteiger partial charge < -0.3 is 9.64 Å². The van der Waals surface area contributed by atoms with Gasteiger partial charge in [-0.15, -0.1) is 0 Å². The second-order valence-electron chi connectivity index (χ2n) is 9.95. The summed E-state index contributed by atoms with van der Waals surface area (Å²) < 4.78 is 20.9. The number of amides is 1. The molecule has 3 aliphatic heterocycles. The van der Waals surface area contributed by atoms with Crippen LogP contribution in [-0.2, 0) is 11.2 Å². The number of rotatable bonds is 2. The molecule has 2 aromatic heterocycles. The van der Waals surface area contributed by atoms with Crippen LogP contribution < -0.4 is 4.90 Å². The first kappa shape index (κ1) is 22.9. The Bertz CT molecular complexity index is 1110. The first-order valence-corrected chi connectivity index (χ1v) is 13.0. The van der Waals surface area contributed by atoms with E-state index < -0.39 is 11.4 Å². The van der Waals surface area contributed by atoms with E-state index in [0.717, 1.165) is 42.9 Å². The normalized spacial score (nSPS) is 24.5. The van der Waals surface area contributed by atoms with Crippen molar-refractivity contribution in [3.63, 3.8) is 0 Å². The monoisotopic (exact) mass is 493 g/mol. The SMILES string of the molecule is CCSc1nc2c3c(nc(Cl)c(F)c3n1)CCC[C@H]1[C@@H]3CC[C@H](CN21)N3C(=O)OC(C)(C)C. The van der Waals surface area contributed by atoms with Crippen molar-refractivity contribution in [1.29, 1.82) is 0 Å². The molecule has 33 heavy (non-hydrogen) atoms. The molecule has 0 aliphatic carbocycles. The van der Waals surface area contributed by atoms with E-state index in [0.29, 0.717) is 23.5 Å². The number of piperazine rings is 1. The topological polar surface area (TPSA) is 71.5 Å². The van der Waals surface area contributed by atoms with Crippen molar-refractivity contribution in [2.24, 2.45) is 0 Å². The Kier molecular flexibility index (Phi) is 5.84. The molecule has 10 heteroatoms. The van der Waals surface area contributed by atoms with Gasteiger partial charge in [-0.25, -0.2) is 24.1 Å². The van der Waals surface area contributed by atoms with Gasteiger partial charge >= 0.3 is 6.09 Å². The quantitative estimate of drug-likeness (QED) is 0.322. The van der Waals surface area contributed by atoms with Crippen LogP contribution in [0, 0.1) is 5.82 Å². The Morgan fingerprint density at radius 1 is 1.21 bits per heavy atom. The summed E-state index contributed by atoms with van der Waals surface area (Å²) in [6.07, 6.45) is 4.01. The zero-order valence-electron chi connectivity index (χ0n) is 19.4. The number of hydrogen-bond donors (Lipinski definition) is 0. The molecule has 0 radical (unpaired) electrons. The third kappa shape index (κ3) is 4.01. The molecule has 2 saturated heterocycles. The van der Waals surface area contributed by atoms with E-state index in [1.165, 1.54) is 11.8 Å². The molecule has 0 N–H and O–H groups in total. The van der Waals surface area contributed by atoms with Crippen LogP contribution in [0.5, 0.6) is 0 Å². The lowest BCUT2D eigenvalue weighted by atomic mass is 9.93. The van der Waals surface area contributed by atoms with Crippen LogP contribution in [0.2, 0.25) is 5.15 Å². The minimum Gasteiger partial charge on any atom is -0.444 e. The zero-order valence-corrected chi connectivity index (χ0v) is 21.0. The molecule has 0 aromatic carbocycles. The largest absolute Gasteiger partial charge is 0.444 e. The van der Waals surface area contributed by atoms with Gasteiger partial charge in [0.05, 0.1) is 29.2 Å². The Morgan fingerprint density at radius 2 is 2.00 bits per heavy atom. The maximum Gasteiger partial charge on any atom is 0.410 e. The molecular formula is C23H29ClFN5O2S. The highest BCUT2D eigenvalue weighted by Gasteiger charge is 2.50. The lowest BCUT2D eigenvalue weighted by Crippen LogP contribution is -2.62. The number of halogens is 2. The Balaban J connectivity index is 1.62. The Morgan fingerprint density at radius 3 is 2.73 bits per heavy atom. The van der Waals surface area contributed by atoms with E-state index in [1.54, 1.807) is 0 Å². The van der Waals surface area contributed by atoms with E-state index in [4.69, 9.17) is 21.3 Å². The highest BCUT2D eigenvalue weighted by atomic mass is 35.5. The smallest absolute Gasteiger partial charge is 0.410 e. The highest BCUT2D eigenvalue weighted by molar-refractivity contribution is 7.99. The van der Waals surface area contributed by atoms with Crippen LogP contribution in [0.25, 0.3) is 10.9 Å². The first-order chi connectivity index (χ1) is 15.7. The summed E-state index contributed by atoms with van der Waals surface area (Å²) in [6.45, 7) is 8.34. The number of pyridine rings is 1. The zero-order chi connectivity index (χ0) is 23.5. The van der Waals surface area contributed by atoms with Gasteiger partial charge in [0.2, 0.25) is 0 Å². The summed E-state index contributed by atoms with van der Waals surface area (Å²) in [5, 5.41) is 1.06. The van der Waals surface area contributed by atoms with E-state index in [-0.39, 0.29) is 34.9 Å². The fourth-order valence-corrected chi connectivity index (χ4v) is 6.22. The molecule has 3 aliphatic rings. The van der Waals surface area contributed by atoms with Crippen LogP contribution in [0.15, 0.2) is 5.16 Å². The predicted molar refractivity (Wildman–Crippen MR) is 128 cm³/mol. The number of aryl methyl sites for hydroxylation is 1. The van der Waals surface area contributed by atoms with Gasteiger partial charge in [0.15, 0.2) is 16.1 Å². The molecule has 5 heterocycles. The van der Waals surface area contributed by atoms with Gasteiger partial charge in [0.1, 0.15) is 16.9 Å². The highest BCUT2D eigenvalue weighted by Crippen LogP contribution is 2.43. The molecule has 178 valence electrons. The number of hydrogen-bond acceptors (Lipinski definition) is 7. The number of carbonyl (C=O) groups is 1. The summed E-state index contributed by atoms with van der Waals surface area (Å²) >= 11 is 7.63. The molecule has 1 amide bonds. The number of anilines is 1. The van der Waals surface area contributed by atoms with Crippen molar-refractivity contribution in [3.05, 3.63) is 16.7 Å². The maximum atomic E-state index is 15.1. The second-order valence-corrected chi connectivity index (χ2v) is 11.5. The van der Waals surface area contributed by atoms with Gasteiger partial charge in [-0.2, -0.15) is 0 Å². The molecule has 2 fully saturated rings. The van der Waals surface area contributed by atoms with Gasteiger partial charge in [-0.3, -0.25) is 4.90 Å². The van der Waals surface area contributed by atoms with Crippen molar-refractivity contribution in [3.8, 4) is 0 Å². The van der Waals surface area contributed by atoms with Crippen LogP contribution >= 0.6 is 23.4 Å². The molecule has 0 saturated carbocycles. The third-order valence-electron chi connectivity index (χ3n) is 6.64. The minimum absolute atomic E-state index is 0.0291. The predicted octanol–water partition coefficient (Wildman–Crippen LogP) is 5.22. The molecule has 2 aromatic rings. The second kappa shape index (κ2) is 8.41. The van der Waals surface area contributed by atoms with Crippen molar-refractivity contribution in [2.45, 2.75) is 88.7 Å². The summed E-state index contributed by atoms with van der Waals surface area (Å²) in [5.74, 6) is 0.906. The molecule has 0 spiro atoms. The number of fused-ring (bicyclic) bond motifs is 5. The Hall–Kier alpha value is -1.87. The summed E-state index contributed by atoms with van der Waals surface area (Å²) in [6, 6.07) is 0.152. The number of ether oxygens (including phenoxy) is 1. The van der Waals surface area contributed by atoms with Crippen LogP contribution in [-0.4, -0.2) is 62.0 Å². The molecule has 3 atom stereocenters. The van der Waals surface area contributed by atoms with Crippen molar-refractivity contribution < 1.29 is 13.9 Å². The summed E-state index contributed by atoms with van der Waals surface area (Å²) in [4.78, 5) is 31.1. The molecular weight excluding hydrogens is 465 g/mol. The number of aromatic nitrogens is 3. The lowest BCUT2D eigenvalue weighted by Gasteiger charge is -2.48. The van der Waals surface area contributed by atoms with Gasteiger partial charge in [0, 0.05) is 6.54 Å². The average Bonchev–Trinajstić information content (AvgIpc) is 3.06. The van der Waals surface area contributed by atoms with Gasteiger partial charge in [0.25, 0.3) is 0 Å². The molecule has 2 bridgehead atoms. The van der Waals surface area contributed by atoms with E-state index in [9.17, 15) is 4.79 Å². The summed E-state index contributed by atoms with van der Waals surface area (Å²) in [5.41, 5.74) is 0.453. The number of carbonyl (C=O) groups excluding carboxylic acids is 1.